The highest BCUT2D eigenvalue weighted by Gasteiger charge is 2.45. The van der Waals surface area contributed by atoms with Crippen molar-refractivity contribution < 1.29 is 19.1 Å². The first-order valence-corrected chi connectivity index (χ1v) is 5.51. The zero-order valence-corrected chi connectivity index (χ0v) is 10.7. The summed E-state index contributed by atoms with van der Waals surface area (Å²) in [6.07, 6.45) is 2.98. The zero-order valence-electron chi connectivity index (χ0n) is 10.7. The van der Waals surface area contributed by atoms with E-state index in [1.54, 1.807) is 33.8 Å². The van der Waals surface area contributed by atoms with Crippen molar-refractivity contribution in [2.24, 2.45) is 5.41 Å². The molecule has 0 aliphatic rings. The summed E-state index contributed by atoms with van der Waals surface area (Å²) in [7, 11) is 0. The molecule has 0 amide bonds. The molecule has 0 bridgehead atoms. The van der Waals surface area contributed by atoms with Crippen molar-refractivity contribution in [3.63, 3.8) is 0 Å². The predicted molar refractivity (Wildman–Crippen MR) is 64.0 cm³/mol. The molecule has 0 unspecified atom stereocenters. The van der Waals surface area contributed by atoms with E-state index in [0.717, 1.165) is 0 Å². The number of hydrogen-bond donors (Lipinski definition) is 0. The summed E-state index contributed by atoms with van der Waals surface area (Å²) >= 11 is 0. The molecule has 0 aromatic carbocycles. The Morgan fingerprint density at radius 2 is 1.65 bits per heavy atom. The Morgan fingerprint density at radius 1 is 1.18 bits per heavy atom. The molecule has 0 saturated carbocycles. The minimum Gasteiger partial charge on any atom is -0.464 e. The van der Waals surface area contributed by atoms with Gasteiger partial charge in [-0.1, -0.05) is 12.0 Å². The fourth-order valence-electron chi connectivity index (χ4n) is 1.30. The summed E-state index contributed by atoms with van der Waals surface area (Å²) in [4.78, 5) is 23.8. The molecule has 0 rings (SSSR count). The Kier molecular flexibility index (Phi) is 6.73. The molecular weight excluding hydrogens is 220 g/mol. The third-order valence-electron chi connectivity index (χ3n) is 1.93. The van der Waals surface area contributed by atoms with Gasteiger partial charge in [0.15, 0.2) is 0 Å². The average molecular weight is 238 g/mol. The maximum Gasteiger partial charge on any atom is 0.339 e. The van der Waals surface area contributed by atoms with Gasteiger partial charge in [0.05, 0.1) is 13.2 Å². The van der Waals surface area contributed by atoms with Gasteiger partial charge in [-0.15, -0.1) is 5.92 Å². The van der Waals surface area contributed by atoms with E-state index < -0.39 is 17.4 Å². The van der Waals surface area contributed by atoms with Crippen molar-refractivity contribution in [1.82, 2.24) is 0 Å². The van der Waals surface area contributed by atoms with Crippen LogP contribution < -0.4 is 0 Å². The van der Waals surface area contributed by atoms with Gasteiger partial charge >= 0.3 is 11.9 Å². The summed E-state index contributed by atoms with van der Waals surface area (Å²) in [5, 5.41) is 0. The largest absolute Gasteiger partial charge is 0.464 e. The summed E-state index contributed by atoms with van der Waals surface area (Å²) in [5.41, 5.74) is -1.64. The Labute approximate surface area is 102 Å². The number of carbonyl (C=O) groups excluding carboxylic acids is 2. The van der Waals surface area contributed by atoms with Crippen LogP contribution in [0.1, 0.15) is 27.7 Å². The van der Waals surface area contributed by atoms with E-state index in [1.807, 2.05) is 0 Å². The number of allylic oxidation sites excluding steroid dienone is 1. The molecule has 94 valence electrons. The van der Waals surface area contributed by atoms with Gasteiger partial charge in [0, 0.05) is 0 Å². The lowest BCUT2D eigenvalue weighted by Crippen LogP contribution is -2.39. The van der Waals surface area contributed by atoms with Crippen LogP contribution in [0.4, 0.5) is 0 Å². The van der Waals surface area contributed by atoms with Gasteiger partial charge in [-0.2, -0.15) is 0 Å². The third kappa shape index (κ3) is 3.63. The Hall–Kier alpha value is -1.76. The molecule has 0 spiro atoms. The lowest BCUT2D eigenvalue weighted by atomic mass is 9.88. The van der Waals surface area contributed by atoms with Crippen LogP contribution >= 0.6 is 0 Å². The maximum absolute atomic E-state index is 11.9. The molecule has 4 nitrogen and oxygen atoms in total. The molecule has 0 saturated heterocycles. The van der Waals surface area contributed by atoms with E-state index in [0.29, 0.717) is 0 Å². The van der Waals surface area contributed by atoms with Gasteiger partial charge in [0.2, 0.25) is 5.41 Å². The van der Waals surface area contributed by atoms with Crippen LogP contribution in [0.25, 0.3) is 0 Å². The van der Waals surface area contributed by atoms with Crippen molar-refractivity contribution in [2.45, 2.75) is 27.7 Å². The predicted octanol–water partition coefficient (Wildman–Crippen LogP) is 1.70. The molecule has 0 heterocycles. The summed E-state index contributed by atoms with van der Waals surface area (Å²) < 4.78 is 9.77. The highest BCUT2D eigenvalue weighted by atomic mass is 16.6. The number of ether oxygens (including phenoxy) is 2. The highest BCUT2D eigenvalue weighted by Crippen LogP contribution is 2.23. The first kappa shape index (κ1) is 15.2. The molecule has 0 atom stereocenters. The van der Waals surface area contributed by atoms with E-state index in [2.05, 4.69) is 11.8 Å². The normalized spacial score (nSPS) is 10.6. The quantitative estimate of drug-likeness (QED) is 0.316. The molecule has 0 aliphatic heterocycles. The summed E-state index contributed by atoms with van der Waals surface area (Å²) in [5.74, 6) is 3.74. The van der Waals surface area contributed by atoms with Gasteiger partial charge in [0.1, 0.15) is 0 Å². The number of rotatable bonds is 5. The van der Waals surface area contributed by atoms with Crippen LogP contribution in [-0.2, 0) is 19.1 Å². The lowest BCUT2D eigenvalue weighted by Gasteiger charge is -2.20. The number of carbonyl (C=O) groups is 2. The van der Waals surface area contributed by atoms with Gasteiger partial charge in [-0.05, 0) is 33.8 Å². The second-order valence-electron chi connectivity index (χ2n) is 3.12. The standard InChI is InChI=1S/C13H18O4/c1-5-9-13(10-6-2,11(14)16-7-3)12(15)17-8-4/h5,9H,7-8H2,1-4H3. The average Bonchev–Trinajstić information content (AvgIpc) is 2.29. The minimum atomic E-state index is -1.64. The third-order valence-corrected chi connectivity index (χ3v) is 1.93. The van der Waals surface area contributed by atoms with Gasteiger partial charge in [-0.3, -0.25) is 0 Å². The first-order valence-electron chi connectivity index (χ1n) is 5.51. The van der Waals surface area contributed by atoms with E-state index >= 15 is 0 Å². The van der Waals surface area contributed by atoms with E-state index in [1.165, 1.54) is 6.08 Å². The molecule has 0 aliphatic carbocycles. The van der Waals surface area contributed by atoms with Crippen molar-refractivity contribution >= 4 is 11.9 Å². The topological polar surface area (TPSA) is 52.6 Å². The van der Waals surface area contributed by atoms with Crippen molar-refractivity contribution in [3.8, 4) is 11.8 Å². The van der Waals surface area contributed by atoms with E-state index in [-0.39, 0.29) is 13.2 Å². The maximum atomic E-state index is 11.9. The second kappa shape index (κ2) is 7.50. The Morgan fingerprint density at radius 3 is 1.94 bits per heavy atom. The first-order chi connectivity index (χ1) is 8.08. The fraction of sp³-hybridized carbons (Fsp3) is 0.538. The molecule has 4 heteroatoms. The van der Waals surface area contributed by atoms with E-state index in [4.69, 9.17) is 9.47 Å². The smallest absolute Gasteiger partial charge is 0.339 e. The van der Waals surface area contributed by atoms with E-state index in [9.17, 15) is 9.59 Å². The monoisotopic (exact) mass is 238 g/mol. The van der Waals surface area contributed by atoms with Crippen LogP contribution in [0.15, 0.2) is 12.2 Å². The number of hydrogen-bond acceptors (Lipinski definition) is 4. The highest BCUT2D eigenvalue weighted by molar-refractivity contribution is 6.06. The molecule has 0 fully saturated rings. The molecule has 0 aromatic heterocycles. The molecule has 0 N–H and O–H groups in total. The fourth-order valence-corrected chi connectivity index (χ4v) is 1.30. The van der Waals surface area contributed by atoms with Crippen molar-refractivity contribution in [2.75, 3.05) is 13.2 Å². The van der Waals surface area contributed by atoms with Crippen molar-refractivity contribution in [1.29, 1.82) is 0 Å². The molecule has 0 aromatic rings. The van der Waals surface area contributed by atoms with Crippen LogP contribution in [0.2, 0.25) is 0 Å². The molecular formula is C13H18O4. The number of esters is 2. The SMILES string of the molecule is CC#CC(C=CC)(C(=O)OCC)C(=O)OCC. The van der Waals surface area contributed by atoms with Crippen LogP contribution in [0, 0.1) is 17.3 Å². The zero-order chi connectivity index (χ0) is 13.3. The van der Waals surface area contributed by atoms with Gasteiger partial charge in [-0.25, -0.2) is 9.59 Å². The second-order valence-corrected chi connectivity index (χ2v) is 3.12. The summed E-state index contributed by atoms with van der Waals surface area (Å²) in [6.45, 7) is 6.96. The van der Waals surface area contributed by atoms with Gasteiger partial charge < -0.3 is 9.47 Å². The lowest BCUT2D eigenvalue weighted by molar-refractivity contribution is -0.163. The van der Waals surface area contributed by atoms with Crippen LogP contribution in [0.5, 0.6) is 0 Å². The van der Waals surface area contributed by atoms with Crippen molar-refractivity contribution in [3.05, 3.63) is 12.2 Å². The minimum absolute atomic E-state index is 0.183. The van der Waals surface area contributed by atoms with Crippen LogP contribution in [-0.4, -0.2) is 25.2 Å². The molecule has 17 heavy (non-hydrogen) atoms. The summed E-state index contributed by atoms with van der Waals surface area (Å²) in [6, 6.07) is 0. The van der Waals surface area contributed by atoms with Gasteiger partial charge in [0.25, 0.3) is 0 Å². The molecule has 0 radical (unpaired) electrons. The Bertz CT molecular complexity index is 339. The van der Waals surface area contributed by atoms with Crippen LogP contribution in [0.3, 0.4) is 0 Å². The Balaban J connectivity index is 5.47.